The first-order chi connectivity index (χ1) is 21.2. The molecule has 0 atom stereocenters. The van der Waals surface area contributed by atoms with E-state index in [0.717, 1.165) is 34.8 Å². The number of fused-ring (bicyclic) bond motifs is 1. The zero-order chi connectivity index (χ0) is 30.8. The number of alkyl halides is 1. The molecule has 0 saturated carbocycles. The lowest BCUT2D eigenvalue weighted by Crippen LogP contribution is -2.36. The van der Waals surface area contributed by atoms with E-state index in [1.54, 1.807) is 6.07 Å². The zero-order valence-electron chi connectivity index (χ0n) is 24.1. The van der Waals surface area contributed by atoms with Crippen LogP contribution in [0.25, 0.3) is 0 Å². The molecule has 0 aliphatic carbocycles. The molecule has 1 aromatic heterocycles. The molecule has 0 radical (unpaired) electrons. The fraction of sp³-hybridized carbons (Fsp3) is 0.467. The summed E-state index contributed by atoms with van der Waals surface area (Å²) in [6.07, 6.45) is 2.13. The summed E-state index contributed by atoms with van der Waals surface area (Å²) in [6.45, 7) is 3.19. The van der Waals surface area contributed by atoms with Gasteiger partial charge in [0, 0.05) is 81.4 Å². The number of nitrogens with one attached hydrogen (secondary N) is 3. The maximum Gasteiger partial charge on any atom is 0.258 e. The number of hydrogen-bond donors (Lipinski definition) is 3. The molecule has 1 amide bonds. The van der Waals surface area contributed by atoms with Crippen LogP contribution in [0.1, 0.15) is 52.9 Å². The van der Waals surface area contributed by atoms with Crippen LogP contribution in [0.4, 0.5) is 24.7 Å². The van der Waals surface area contributed by atoms with Gasteiger partial charge in [-0.1, -0.05) is 6.07 Å². The van der Waals surface area contributed by atoms with Gasteiger partial charge in [0.05, 0.1) is 10.5 Å². The molecule has 4 heterocycles. The second-order valence-corrected chi connectivity index (χ2v) is 13.5. The van der Waals surface area contributed by atoms with E-state index in [2.05, 4.69) is 25.7 Å². The maximum atomic E-state index is 13.8. The summed E-state index contributed by atoms with van der Waals surface area (Å²) in [5.41, 5.74) is 3.21. The molecule has 0 unspecified atom stereocenters. The highest BCUT2D eigenvalue weighted by Crippen LogP contribution is 2.30. The first-order valence-electron chi connectivity index (χ1n) is 14.8. The fourth-order valence-corrected chi connectivity index (χ4v) is 7.42. The summed E-state index contributed by atoms with van der Waals surface area (Å²) in [5, 5.41) is 13.5. The number of amides is 1. The van der Waals surface area contributed by atoms with E-state index in [9.17, 15) is 26.4 Å². The van der Waals surface area contributed by atoms with Crippen molar-refractivity contribution in [1.82, 2.24) is 19.4 Å². The molecule has 236 valence electrons. The van der Waals surface area contributed by atoms with Gasteiger partial charge in [0.15, 0.2) is 5.82 Å². The molecule has 3 aliphatic rings. The number of sulfonamides is 1. The van der Waals surface area contributed by atoms with Gasteiger partial charge in [0.1, 0.15) is 17.8 Å². The second-order valence-electron chi connectivity index (χ2n) is 11.5. The van der Waals surface area contributed by atoms with Gasteiger partial charge in [0.25, 0.3) is 5.91 Å². The van der Waals surface area contributed by atoms with Crippen LogP contribution < -0.4 is 10.6 Å². The highest BCUT2D eigenvalue weighted by atomic mass is 32.2. The number of carbonyl (C=O) groups is 1. The summed E-state index contributed by atoms with van der Waals surface area (Å²) in [5.74, 6) is -2.22. The van der Waals surface area contributed by atoms with Gasteiger partial charge >= 0.3 is 0 Å². The smallest absolute Gasteiger partial charge is 0.258 e. The molecule has 0 bridgehead atoms. The summed E-state index contributed by atoms with van der Waals surface area (Å²) >= 11 is 0. The van der Waals surface area contributed by atoms with E-state index >= 15 is 0 Å². The van der Waals surface area contributed by atoms with Crippen LogP contribution in [0.5, 0.6) is 0 Å². The average molecular weight is 633 g/mol. The number of H-pyrrole nitrogens is 1. The Labute approximate surface area is 254 Å². The molecule has 0 spiro atoms. The molecule has 3 aliphatic heterocycles. The van der Waals surface area contributed by atoms with Crippen LogP contribution in [-0.4, -0.2) is 78.8 Å². The van der Waals surface area contributed by atoms with Gasteiger partial charge < -0.3 is 15.4 Å². The standard InChI is InChI=1S/C30H35F3N6O4S/c31-20-3-8-38(9-4-20)17-19-1-2-25(28(13-19)34-23-6-11-43-12-7-23)30(40)35-29-26-18-39(10-5-27(26)36-37-29)44(41,42)24-15-21(32)14-22(33)16-24/h1-2,13-16,20,23,34H,3-12,17-18H2,(H2,35,36,37,40). The third kappa shape index (κ3) is 6.77. The first-order valence-corrected chi connectivity index (χ1v) is 16.3. The quantitative estimate of drug-likeness (QED) is 0.341. The van der Waals surface area contributed by atoms with Crippen molar-refractivity contribution in [2.45, 2.75) is 62.3 Å². The molecule has 6 rings (SSSR count). The Kier molecular flexibility index (Phi) is 8.94. The zero-order valence-corrected chi connectivity index (χ0v) is 24.9. The van der Waals surface area contributed by atoms with Crippen LogP contribution in [0, 0.1) is 11.6 Å². The normalized spacial score (nSPS) is 19.1. The van der Waals surface area contributed by atoms with E-state index in [1.807, 2.05) is 12.1 Å². The van der Waals surface area contributed by atoms with Gasteiger partial charge in [-0.05, 0) is 55.5 Å². The van der Waals surface area contributed by atoms with Crippen molar-refractivity contribution in [2.75, 3.05) is 43.5 Å². The van der Waals surface area contributed by atoms with Crippen LogP contribution in [0.15, 0.2) is 41.3 Å². The van der Waals surface area contributed by atoms with Crippen LogP contribution in [0.3, 0.4) is 0 Å². The number of carbonyl (C=O) groups excluding carboxylic acids is 1. The number of aromatic nitrogens is 2. The third-order valence-electron chi connectivity index (χ3n) is 8.44. The number of ether oxygens (including phenoxy) is 1. The maximum absolute atomic E-state index is 13.8. The Bertz CT molecular complexity index is 1600. The third-order valence-corrected chi connectivity index (χ3v) is 10.3. The van der Waals surface area contributed by atoms with Crippen molar-refractivity contribution < 1.29 is 31.1 Å². The summed E-state index contributed by atoms with van der Waals surface area (Å²) < 4.78 is 74.4. The monoisotopic (exact) mass is 632 g/mol. The number of anilines is 2. The second kappa shape index (κ2) is 12.9. The lowest BCUT2D eigenvalue weighted by atomic mass is 10.0. The average Bonchev–Trinajstić information content (AvgIpc) is 3.40. The number of rotatable bonds is 8. The van der Waals surface area contributed by atoms with Gasteiger partial charge in [-0.25, -0.2) is 21.6 Å². The fourth-order valence-electron chi connectivity index (χ4n) is 5.97. The predicted molar refractivity (Wildman–Crippen MR) is 158 cm³/mol. The van der Waals surface area contributed by atoms with Crippen molar-refractivity contribution in [3.8, 4) is 0 Å². The topological polar surface area (TPSA) is 120 Å². The van der Waals surface area contributed by atoms with E-state index in [-0.39, 0.29) is 31.4 Å². The molecule has 2 saturated heterocycles. The summed E-state index contributed by atoms with van der Waals surface area (Å²) in [7, 11) is -4.21. The highest BCUT2D eigenvalue weighted by molar-refractivity contribution is 7.89. The molecule has 3 aromatic rings. The molecule has 14 heteroatoms. The number of nitrogens with zero attached hydrogens (tertiary/aromatic N) is 3. The lowest BCUT2D eigenvalue weighted by Gasteiger charge is -2.29. The molecule has 2 fully saturated rings. The molecule has 3 N–H and O–H groups in total. The Balaban J connectivity index is 1.22. The van der Waals surface area contributed by atoms with Gasteiger partial charge in [-0.2, -0.15) is 9.40 Å². The Morgan fingerprint density at radius 3 is 2.48 bits per heavy atom. The summed E-state index contributed by atoms with van der Waals surface area (Å²) in [4.78, 5) is 15.4. The predicted octanol–water partition coefficient (Wildman–Crippen LogP) is 4.21. The number of benzene rings is 2. The van der Waals surface area contributed by atoms with Crippen molar-refractivity contribution in [3.63, 3.8) is 0 Å². The number of halogens is 3. The number of piperidine rings is 1. The van der Waals surface area contributed by atoms with Crippen molar-refractivity contribution in [2.24, 2.45) is 0 Å². The van der Waals surface area contributed by atoms with Gasteiger partial charge in [-0.3, -0.25) is 14.8 Å². The number of hydrogen-bond acceptors (Lipinski definition) is 7. The van der Waals surface area contributed by atoms with E-state index < -0.39 is 38.6 Å². The molecule has 44 heavy (non-hydrogen) atoms. The summed E-state index contributed by atoms with van der Waals surface area (Å²) in [6, 6.07) is 7.90. The minimum atomic E-state index is -4.21. The van der Waals surface area contributed by atoms with Gasteiger partial charge in [0.2, 0.25) is 10.0 Å². The number of likely N-dealkylation sites (tertiary alicyclic amines) is 1. The SMILES string of the molecule is O=C(Nc1n[nH]c2c1CN(S(=O)(=O)c1cc(F)cc(F)c1)CC2)c1ccc(CN2CCC(F)CC2)cc1NC1CCOCC1. The Morgan fingerprint density at radius 1 is 1.02 bits per heavy atom. The first kappa shape index (κ1) is 30.6. The molecule has 2 aromatic carbocycles. The number of aromatic amines is 1. The molecular weight excluding hydrogens is 597 g/mol. The van der Waals surface area contributed by atoms with E-state index in [1.165, 1.54) is 0 Å². The largest absolute Gasteiger partial charge is 0.381 e. The van der Waals surface area contributed by atoms with E-state index in [4.69, 9.17) is 4.74 Å². The molecule has 10 nitrogen and oxygen atoms in total. The minimum absolute atomic E-state index is 0.0761. The lowest BCUT2D eigenvalue weighted by molar-refractivity contribution is 0.0904. The minimum Gasteiger partial charge on any atom is -0.381 e. The van der Waals surface area contributed by atoms with Crippen LogP contribution >= 0.6 is 0 Å². The highest BCUT2D eigenvalue weighted by Gasteiger charge is 2.32. The van der Waals surface area contributed by atoms with Crippen molar-refractivity contribution in [3.05, 3.63) is 70.4 Å². The van der Waals surface area contributed by atoms with Crippen LogP contribution in [-0.2, 0) is 34.3 Å². The molecular formula is C30H35F3N6O4S. The Morgan fingerprint density at radius 2 is 1.75 bits per heavy atom. The van der Waals surface area contributed by atoms with Crippen molar-refractivity contribution in [1.29, 1.82) is 0 Å². The Hall–Kier alpha value is -3.46. The van der Waals surface area contributed by atoms with Crippen molar-refractivity contribution >= 4 is 27.4 Å². The van der Waals surface area contributed by atoms with Gasteiger partial charge in [-0.15, -0.1) is 0 Å². The van der Waals surface area contributed by atoms with E-state index in [0.29, 0.717) is 74.3 Å². The van der Waals surface area contributed by atoms with Crippen LogP contribution in [0.2, 0.25) is 0 Å².